The SMILES string of the molecule is O=S(=O)(Nc1cc(Sc2cccc3cccnc23)c(O)c2ccccc12)c1cccs1. The Balaban J connectivity index is 1.65. The van der Waals surface area contributed by atoms with Crippen LogP contribution >= 0.6 is 23.1 Å². The van der Waals surface area contributed by atoms with Crippen LogP contribution in [0.5, 0.6) is 5.75 Å². The molecule has 5 rings (SSSR count). The summed E-state index contributed by atoms with van der Waals surface area (Å²) in [5, 5.41) is 14.9. The fraction of sp³-hybridized carbons (Fsp3) is 0. The number of hydrogen-bond acceptors (Lipinski definition) is 6. The van der Waals surface area contributed by atoms with E-state index in [1.54, 1.807) is 41.9 Å². The Morgan fingerprint density at radius 1 is 0.903 bits per heavy atom. The smallest absolute Gasteiger partial charge is 0.271 e. The highest BCUT2D eigenvalue weighted by atomic mass is 32.2. The van der Waals surface area contributed by atoms with Crippen molar-refractivity contribution in [3.05, 3.63) is 84.4 Å². The van der Waals surface area contributed by atoms with Gasteiger partial charge < -0.3 is 5.11 Å². The molecule has 0 fully saturated rings. The zero-order valence-corrected chi connectivity index (χ0v) is 18.5. The van der Waals surface area contributed by atoms with Gasteiger partial charge in [-0.25, -0.2) is 8.42 Å². The molecule has 2 aromatic heterocycles. The maximum absolute atomic E-state index is 12.9. The summed E-state index contributed by atoms with van der Waals surface area (Å²) < 4.78 is 28.6. The second-order valence-electron chi connectivity index (χ2n) is 6.79. The molecule has 0 saturated carbocycles. The highest BCUT2D eigenvalue weighted by Gasteiger charge is 2.20. The van der Waals surface area contributed by atoms with Crippen LogP contribution in [0, 0.1) is 0 Å². The summed E-state index contributed by atoms with van der Waals surface area (Å²) in [5.41, 5.74) is 1.24. The van der Waals surface area contributed by atoms with Crippen molar-refractivity contribution in [1.82, 2.24) is 4.98 Å². The van der Waals surface area contributed by atoms with Crippen molar-refractivity contribution >= 4 is 60.5 Å². The molecule has 0 spiro atoms. The van der Waals surface area contributed by atoms with Gasteiger partial charge in [-0.1, -0.05) is 60.3 Å². The molecule has 0 atom stereocenters. The first-order chi connectivity index (χ1) is 15.0. The number of phenols is 1. The number of aromatic hydroxyl groups is 1. The number of phenolic OH excluding ortho intramolecular Hbond substituents is 1. The standard InChI is InChI=1S/C23H16N2O3S3/c26-23-17-9-2-1-8-16(17)18(25-31(27,28)21-11-5-13-29-21)14-20(23)30-19-10-3-6-15-7-4-12-24-22(15)19/h1-14,25-26H. The van der Waals surface area contributed by atoms with Gasteiger partial charge in [-0.2, -0.15) is 0 Å². The zero-order valence-electron chi connectivity index (χ0n) is 16.0. The van der Waals surface area contributed by atoms with Gasteiger partial charge in [0.1, 0.15) is 9.96 Å². The molecule has 8 heteroatoms. The second kappa shape index (κ2) is 7.88. The minimum absolute atomic E-state index is 0.104. The molecule has 2 N–H and O–H groups in total. The number of pyridine rings is 1. The van der Waals surface area contributed by atoms with Gasteiger partial charge in [0.05, 0.1) is 16.1 Å². The van der Waals surface area contributed by atoms with Crippen LogP contribution in [0.15, 0.2) is 98.4 Å². The lowest BCUT2D eigenvalue weighted by Gasteiger charge is -2.15. The van der Waals surface area contributed by atoms with Crippen molar-refractivity contribution in [2.75, 3.05) is 4.72 Å². The largest absolute Gasteiger partial charge is 0.506 e. The van der Waals surface area contributed by atoms with E-state index in [1.807, 2.05) is 42.5 Å². The average molecular weight is 465 g/mol. The predicted octanol–water partition coefficient (Wildman–Crippen LogP) is 6.11. The molecular weight excluding hydrogens is 448 g/mol. The van der Waals surface area contributed by atoms with E-state index in [0.717, 1.165) is 27.1 Å². The lowest BCUT2D eigenvalue weighted by molar-refractivity contribution is 0.469. The number of para-hydroxylation sites is 1. The number of aromatic nitrogens is 1. The molecule has 154 valence electrons. The molecule has 3 aromatic carbocycles. The molecule has 5 aromatic rings. The Labute approximate surface area is 187 Å². The van der Waals surface area contributed by atoms with Crippen molar-refractivity contribution in [2.24, 2.45) is 0 Å². The fourth-order valence-corrected chi connectivity index (χ4v) is 6.48. The Bertz CT molecular complexity index is 1510. The minimum atomic E-state index is -3.73. The number of thiophene rings is 1. The van der Waals surface area contributed by atoms with Gasteiger partial charge in [-0.05, 0) is 29.6 Å². The Morgan fingerprint density at radius 2 is 1.71 bits per heavy atom. The van der Waals surface area contributed by atoms with Gasteiger partial charge in [-0.3, -0.25) is 9.71 Å². The number of nitrogens with zero attached hydrogens (tertiary/aromatic N) is 1. The number of fused-ring (bicyclic) bond motifs is 2. The third-order valence-corrected chi connectivity index (χ3v) is 8.64. The highest BCUT2D eigenvalue weighted by molar-refractivity contribution is 7.99. The first-order valence-electron chi connectivity index (χ1n) is 9.35. The Hall–Kier alpha value is -3.07. The van der Waals surface area contributed by atoms with Gasteiger partial charge in [0.25, 0.3) is 10.0 Å². The van der Waals surface area contributed by atoms with E-state index < -0.39 is 10.0 Å². The predicted molar refractivity (Wildman–Crippen MR) is 127 cm³/mol. The first kappa shape index (κ1) is 19.9. The molecule has 0 aliphatic rings. The molecule has 31 heavy (non-hydrogen) atoms. The maximum atomic E-state index is 12.9. The van der Waals surface area contributed by atoms with Crippen LogP contribution in [0.25, 0.3) is 21.7 Å². The molecule has 5 nitrogen and oxygen atoms in total. The summed E-state index contributed by atoms with van der Waals surface area (Å²) >= 11 is 2.50. The van der Waals surface area contributed by atoms with Crippen LogP contribution in [0.1, 0.15) is 0 Å². The molecule has 0 unspecified atom stereocenters. The van der Waals surface area contributed by atoms with E-state index >= 15 is 0 Å². The van der Waals surface area contributed by atoms with E-state index in [9.17, 15) is 13.5 Å². The number of hydrogen-bond donors (Lipinski definition) is 2. The topological polar surface area (TPSA) is 79.3 Å². The summed E-state index contributed by atoms with van der Waals surface area (Å²) in [6.45, 7) is 0. The Morgan fingerprint density at radius 3 is 2.52 bits per heavy atom. The van der Waals surface area contributed by atoms with Crippen LogP contribution in [-0.4, -0.2) is 18.5 Å². The Kier molecular flexibility index (Phi) is 5.05. The monoisotopic (exact) mass is 464 g/mol. The number of anilines is 1. The van der Waals surface area contributed by atoms with Crippen molar-refractivity contribution in [1.29, 1.82) is 0 Å². The summed E-state index contributed by atoms with van der Waals surface area (Å²) in [7, 11) is -3.73. The highest BCUT2D eigenvalue weighted by Crippen LogP contribution is 2.44. The van der Waals surface area contributed by atoms with Gasteiger partial charge in [0.2, 0.25) is 0 Å². The van der Waals surface area contributed by atoms with Crippen LogP contribution in [0.2, 0.25) is 0 Å². The van der Waals surface area contributed by atoms with Gasteiger partial charge in [0, 0.05) is 27.3 Å². The number of benzene rings is 3. The minimum Gasteiger partial charge on any atom is -0.506 e. The van der Waals surface area contributed by atoms with Crippen molar-refractivity contribution in [3.63, 3.8) is 0 Å². The molecule has 0 radical (unpaired) electrons. The van der Waals surface area contributed by atoms with Crippen LogP contribution in [0.4, 0.5) is 5.69 Å². The van der Waals surface area contributed by atoms with Crippen LogP contribution in [0.3, 0.4) is 0 Å². The van der Waals surface area contributed by atoms with Gasteiger partial charge >= 0.3 is 0 Å². The summed E-state index contributed by atoms with van der Waals surface area (Å²) in [6.07, 6.45) is 1.73. The van der Waals surface area contributed by atoms with Gasteiger partial charge in [-0.15, -0.1) is 11.3 Å². The third-order valence-electron chi connectivity index (χ3n) is 4.80. The number of rotatable bonds is 5. The molecule has 0 saturated heterocycles. The van der Waals surface area contributed by atoms with Crippen molar-refractivity contribution in [3.8, 4) is 5.75 Å². The van der Waals surface area contributed by atoms with E-state index in [-0.39, 0.29) is 9.96 Å². The lowest BCUT2D eigenvalue weighted by atomic mass is 10.1. The van der Waals surface area contributed by atoms with Crippen molar-refractivity contribution in [2.45, 2.75) is 14.0 Å². The number of sulfonamides is 1. The van der Waals surface area contributed by atoms with Gasteiger partial charge in [0.15, 0.2) is 0 Å². The van der Waals surface area contributed by atoms with Crippen LogP contribution < -0.4 is 4.72 Å². The average Bonchev–Trinajstić information content (AvgIpc) is 3.33. The van der Waals surface area contributed by atoms with E-state index in [1.165, 1.54) is 11.8 Å². The van der Waals surface area contributed by atoms with E-state index in [4.69, 9.17) is 0 Å². The molecule has 0 bridgehead atoms. The zero-order chi connectivity index (χ0) is 21.4. The second-order valence-corrected chi connectivity index (χ2v) is 10.7. The molecule has 0 aliphatic heterocycles. The molecule has 2 heterocycles. The fourth-order valence-electron chi connectivity index (χ4n) is 3.39. The van der Waals surface area contributed by atoms with Crippen molar-refractivity contribution < 1.29 is 13.5 Å². The first-order valence-corrected chi connectivity index (χ1v) is 12.5. The van der Waals surface area contributed by atoms with E-state index in [0.29, 0.717) is 21.4 Å². The summed E-state index contributed by atoms with van der Waals surface area (Å²) in [4.78, 5) is 5.89. The number of nitrogens with one attached hydrogen (secondary N) is 1. The molecule has 0 aliphatic carbocycles. The summed E-state index contributed by atoms with van der Waals surface area (Å²) in [5.74, 6) is 0.104. The normalized spacial score (nSPS) is 11.7. The molecular formula is C23H16N2O3S3. The quantitative estimate of drug-likeness (QED) is 0.307. The maximum Gasteiger partial charge on any atom is 0.271 e. The molecule has 0 amide bonds. The lowest BCUT2D eigenvalue weighted by Crippen LogP contribution is -2.11. The summed E-state index contributed by atoms with van der Waals surface area (Å²) in [6, 6.07) is 21.8. The van der Waals surface area contributed by atoms with Crippen LogP contribution in [-0.2, 0) is 10.0 Å². The van der Waals surface area contributed by atoms with E-state index in [2.05, 4.69) is 9.71 Å². The third kappa shape index (κ3) is 3.74.